The van der Waals surface area contributed by atoms with Gasteiger partial charge in [-0.2, -0.15) is 5.10 Å². The van der Waals surface area contributed by atoms with E-state index in [0.29, 0.717) is 27.7 Å². The number of benzene rings is 1. The van der Waals surface area contributed by atoms with Crippen molar-refractivity contribution in [1.29, 1.82) is 0 Å². The Balaban J connectivity index is 1.97. The Morgan fingerprint density at radius 1 is 1.21 bits per heavy atom. The summed E-state index contributed by atoms with van der Waals surface area (Å²) in [6.07, 6.45) is 7.57. The zero-order valence-corrected chi connectivity index (χ0v) is 15.5. The van der Waals surface area contributed by atoms with Gasteiger partial charge in [-0.3, -0.25) is 24.2 Å². The predicted molar refractivity (Wildman–Crippen MR) is 106 cm³/mol. The molecule has 1 aromatic carbocycles. The van der Waals surface area contributed by atoms with Gasteiger partial charge in [-0.1, -0.05) is 0 Å². The molecule has 0 aliphatic heterocycles. The number of nitrogens with zero attached hydrogens (tertiary/aromatic N) is 5. The molecule has 8 nitrogen and oxygen atoms in total. The van der Waals surface area contributed by atoms with Gasteiger partial charge < -0.3 is 4.74 Å². The summed E-state index contributed by atoms with van der Waals surface area (Å²) in [6.45, 7) is 0. The molecule has 9 heteroatoms. The lowest BCUT2D eigenvalue weighted by molar-refractivity contribution is 0.417. The Kier molecular flexibility index (Phi) is 3.70. The van der Waals surface area contributed by atoms with Crippen LogP contribution in [0.2, 0.25) is 0 Å². The van der Waals surface area contributed by atoms with Gasteiger partial charge in [0.1, 0.15) is 5.75 Å². The highest BCUT2D eigenvalue weighted by molar-refractivity contribution is 6.05. The first kappa shape index (κ1) is 17.1. The molecule has 5 aromatic rings. The van der Waals surface area contributed by atoms with Crippen molar-refractivity contribution in [3.63, 3.8) is 0 Å². The Morgan fingerprint density at radius 2 is 2.07 bits per heavy atom. The molecule has 0 saturated heterocycles. The number of hydrogen-bond acceptors (Lipinski definition) is 5. The van der Waals surface area contributed by atoms with E-state index in [9.17, 15) is 9.18 Å². The van der Waals surface area contributed by atoms with Crippen LogP contribution in [0.4, 0.5) is 4.39 Å². The third kappa shape index (κ3) is 2.44. The Labute approximate surface area is 163 Å². The minimum atomic E-state index is -0.587. The molecule has 5 rings (SSSR count). The molecular formula is C20H15FN6O2. The van der Waals surface area contributed by atoms with Gasteiger partial charge >= 0.3 is 5.69 Å². The fourth-order valence-corrected chi connectivity index (χ4v) is 3.59. The molecule has 0 atom stereocenters. The van der Waals surface area contributed by atoms with Crippen LogP contribution in [-0.4, -0.2) is 36.4 Å². The standard InChI is InChI=1S/C20H15FN6O2/c1-26-17-10-23-15-6-18(29-2)12(11-7-24-25-8-11)5-13(15)19(17)27(20(26)28)16-3-4-22-9-14(16)21/h3-10H,1-2H3,(H,24,25). The number of fused-ring (bicyclic) bond motifs is 3. The van der Waals surface area contributed by atoms with Crippen LogP contribution >= 0.6 is 0 Å². The minimum absolute atomic E-state index is 0.128. The number of pyridine rings is 2. The molecule has 29 heavy (non-hydrogen) atoms. The highest BCUT2D eigenvalue weighted by Crippen LogP contribution is 2.36. The average Bonchev–Trinajstić information content (AvgIpc) is 3.35. The van der Waals surface area contributed by atoms with Gasteiger partial charge in [0, 0.05) is 42.0 Å². The fourth-order valence-electron chi connectivity index (χ4n) is 3.59. The zero-order chi connectivity index (χ0) is 20.1. The van der Waals surface area contributed by atoms with E-state index < -0.39 is 5.82 Å². The molecule has 0 fully saturated rings. The van der Waals surface area contributed by atoms with Crippen LogP contribution in [0.1, 0.15) is 0 Å². The Hall–Kier alpha value is -4.01. The molecule has 4 heterocycles. The molecule has 0 spiro atoms. The van der Waals surface area contributed by atoms with Gasteiger partial charge in [0.15, 0.2) is 5.82 Å². The van der Waals surface area contributed by atoms with Crippen LogP contribution in [0, 0.1) is 5.82 Å². The maximum absolute atomic E-state index is 14.5. The van der Waals surface area contributed by atoms with Crippen molar-refractivity contribution < 1.29 is 9.13 Å². The molecule has 0 aliphatic carbocycles. The second-order valence-electron chi connectivity index (χ2n) is 6.55. The Bertz CT molecular complexity index is 1440. The number of aromatic nitrogens is 6. The van der Waals surface area contributed by atoms with Crippen molar-refractivity contribution in [2.45, 2.75) is 0 Å². The average molecular weight is 390 g/mol. The number of ether oxygens (including phenoxy) is 1. The van der Waals surface area contributed by atoms with Crippen LogP contribution in [0.15, 0.2) is 54.0 Å². The van der Waals surface area contributed by atoms with Crippen molar-refractivity contribution in [2.75, 3.05) is 7.11 Å². The fraction of sp³-hybridized carbons (Fsp3) is 0.100. The second kappa shape index (κ2) is 6.26. The molecule has 144 valence electrons. The van der Waals surface area contributed by atoms with E-state index in [1.807, 2.05) is 6.07 Å². The summed E-state index contributed by atoms with van der Waals surface area (Å²) in [5.74, 6) is 0.0290. The number of hydrogen-bond donors (Lipinski definition) is 1. The van der Waals surface area contributed by atoms with Crippen LogP contribution in [0.5, 0.6) is 5.75 Å². The summed E-state index contributed by atoms with van der Waals surface area (Å²) in [5.41, 5.74) is 3.11. The highest BCUT2D eigenvalue weighted by atomic mass is 19.1. The quantitative estimate of drug-likeness (QED) is 0.512. The lowest BCUT2D eigenvalue weighted by Gasteiger charge is -2.11. The van der Waals surface area contributed by atoms with Gasteiger partial charge in [-0.25, -0.2) is 9.18 Å². The monoisotopic (exact) mass is 390 g/mol. The maximum atomic E-state index is 14.5. The lowest BCUT2D eigenvalue weighted by Crippen LogP contribution is -2.21. The normalized spacial score (nSPS) is 11.4. The Morgan fingerprint density at radius 3 is 2.79 bits per heavy atom. The largest absolute Gasteiger partial charge is 0.496 e. The third-order valence-corrected chi connectivity index (χ3v) is 5.01. The number of imidazole rings is 1. The number of nitrogens with one attached hydrogen (secondary N) is 1. The van der Waals surface area contributed by atoms with Gasteiger partial charge in [0.05, 0.1) is 47.9 Å². The maximum Gasteiger partial charge on any atom is 0.333 e. The SMILES string of the molecule is COc1cc2ncc3c(c2cc1-c1cn[nH]c1)n(-c1ccncc1F)c(=O)n3C. The van der Waals surface area contributed by atoms with Gasteiger partial charge in [-0.05, 0) is 12.1 Å². The zero-order valence-electron chi connectivity index (χ0n) is 15.5. The summed E-state index contributed by atoms with van der Waals surface area (Å²) in [5, 5.41) is 7.47. The number of aryl methyl sites for hydroxylation is 1. The smallest absolute Gasteiger partial charge is 0.333 e. The summed E-state index contributed by atoms with van der Waals surface area (Å²) >= 11 is 0. The number of methoxy groups -OCH3 is 1. The van der Waals surface area contributed by atoms with Crippen molar-refractivity contribution in [3.8, 4) is 22.6 Å². The lowest BCUT2D eigenvalue weighted by atomic mass is 10.0. The first-order valence-corrected chi connectivity index (χ1v) is 8.77. The van der Waals surface area contributed by atoms with Crippen molar-refractivity contribution >= 4 is 21.9 Å². The molecule has 0 amide bonds. The van der Waals surface area contributed by atoms with Crippen LogP contribution in [-0.2, 0) is 7.05 Å². The number of rotatable bonds is 3. The minimum Gasteiger partial charge on any atom is -0.496 e. The molecule has 4 aromatic heterocycles. The summed E-state index contributed by atoms with van der Waals surface area (Å²) in [7, 11) is 3.21. The molecule has 0 saturated carbocycles. The van der Waals surface area contributed by atoms with E-state index in [2.05, 4.69) is 20.2 Å². The summed E-state index contributed by atoms with van der Waals surface area (Å²) < 4.78 is 22.9. The van der Waals surface area contributed by atoms with Crippen molar-refractivity contribution in [3.05, 3.63) is 65.5 Å². The van der Waals surface area contributed by atoms with Crippen molar-refractivity contribution in [2.24, 2.45) is 7.05 Å². The van der Waals surface area contributed by atoms with E-state index in [-0.39, 0.29) is 11.4 Å². The third-order valence-electron chi connectivity index (χ3n) is 5.01. The van der Waals surface area contributed by atoms with E-state index in [1.165, 1.54) is 21.4 Å². The molecule has 0 bridgehead atoms. The topological polar surface area (TPSA) is 90.6 Å². The van der Waals surface area contributed by atoms with Gasteiger partial charge in [0.25, 0.3) is 0 Å². The van der Waals surface area contributed by atoms with Crippen molar-refractivity contribution in [1.82, 2.24) is 29.3 Å². The van der Waals surface area contributed by atoms with Crippen LogP contribution in [0.25, 0.3) is 38.8 Å². The van der Waals surface area contributed by atoms with Gasteiger partial charge in [0.2, 0.25) is 0 Å². The van der Waals surface area contributed by atoms with Crippen LogP contribution in [0.3, 0.4) is 0 Å². The predicted octanol–water partition coefficient (Wildman–Crippen LogP) is 2.81. The van der Waals surface area contributed by atoms with E-state index in [4.69, 9.17) is 4.74 Å². The van der Waals surface area contributed by atoms with E-state index in [0.717, 1.165) is 17.3 Å². The molecule has 0 aliphatic rings. The number of halogens is 1. The highest BCUT2D eigenvalue weighted by Gasteiger charge is 2.20. The van der Waals surface area contributed by atoms with Gasteiger partial charge in [-0.15, -0.1) is 0 Å². The molecular weight excluding hydrogens is 375 g/mol. The van der Waals surface area contributed by atoms with Crippen LogP contribution < -0.4 is 10.4 Å². The van der Waals surface area contributed by atoms with E-state index >= 15 is 0 Å². The first-order valence-electron chi connectivity index (χ1n) is 8.77. The molecule has 1 N–H and O–H groups in total. The first-order chi connectivity index (χ1) is 14.1. The summed E-state index contributed by atoms with van der Waals surface area (Å²) in [6, 6.07) is 5.15. The second-order valence-corrected chi connectivity index (χ2v) is 6.55. The molecule has 0 unspecified atom stereocenters. The number of H-pyrrole nitrogens is 1. The summed E-state index contributed by atoms with van der Waals surface area (Å²) in [4.78, 5) is 21.3. The molecule has 0 radical (unpaired) electrons. The van der Waals surface area contributed by atoms with E-state index in [1.54, 1.807) is 38.8 Å². The number of aromatic amines is 1.